The third-order valence-electron chi connectivity index (χ3n) is 6.70. The third kappa shape index (κ3) is 4.42. The molecule has 1 aliphatic carbocycles. The molecule has 1 fully saturated rings. The molecule has 3 aromatic rings. The number of likely N-dealkylation sites (tertiary alicyclic amines) is 1. The Morgan fingerprint density at radius 1 is 1.15 bits per heavy atom. The van der Waals surface area contributed by atoms with Crippen molar-refractivity contribution < 1.29 is 18.7 Å². The molecule has 170 valence electrons. The van der Waals surface area contributed by atoms with E-state index in [-0.39, 0.29) is 12.5 Å². The lowest BCUT2D eigenvalue weighted by Crippen LogP contribution is -2.40. The van der Waals surface area contributed by atoms with Crippen molar-refractivity contribution in [2.75, 3.05) is 19.7 Å². The van der Waals surface area contributed by atoms with Gasteiger partial charge in [0.15, 0.2) is 6.61 Å². The summed E-state index contributed by atoms with van der Waals surface area (Å²) in [5, 5.41) is 0.764. The topological polar surface area (TPSA) is 72.6 Å². The molecule has 0 unspecified atom stereocenters. The molecule has 0 atom stereocenters. The molecule has 0 spiro atoms. The number of pyridine rings is 1. The lowest BCUT2D eigenvalue weighted by atomic mass is 9.86. The average Bonchev–Trinajstić information content (AvgIpc) is 3.35. The van der Waals surface area contributed by atoms with Crippen LogP contribution in [0.1, 0.15) is 60.0 Å². The highest BCUT2D eigenvalue weighted by Gasteiger charge is 2.27. The van der Waals surface area contributed by atoms with Crippen LogP contribution in [0.5, 0.6) is 0 Å². The number of piperidine rings is 1. The first-order valence-corrected chi connectivity index (χ1v) is 11.7. The molecular weight excluding hydrogens is 416 g/mol. The summed E-state index contributed by atoms with van der Waals surface area (Å²) < 4.78 is 11.1. The van der Waals surface area contributed by atoms with Crippen LogP contribution in [-0.4, -0.2) is 41.5 Å². The predicted octanol–water partition coefficient (Wildman–Crippen LogP) is 5.12. The summed E-state index contributed by atoms with van der Waals surface area (Å²) in [6, 6.07) is 11.4. The van der Waals surface area contributed by atoms with Crippen molar-refractivity contribution in [3.8, 4) is 0 Å². The van der Waals surface area contributed by atoms with Crippen molar-refractivity contribution in [3.05, 3.63) is 65.2 Å². The molecule has 1 aliphatic heterocycles. The van der Waals surface area contributed by atoms with Crippen molar-refractivity contribution >= 4 is 34.4 Å². The first-order chi connectivity index (χ1) is 16.1. The number of amides is 1. The zero-order chi connectivity index (χ0) is 22.8. The second-order valence-corrected chi connectivity index (χ2v) is 9.01. The monoisotopic (exact) mass is 444 g/mol. The Balaban J connectivity index is 1.46. The van der Waals surface area contributed by atoms with E-state index in [0.717, 1.165) is 78.7 Å². The fourth-order valence-electron chi connectivity index (χ4n) is 4.80. The molecule has 1 aromatic carbocycles. The predicted molar refractivity (Wildman–Crippen MR) is 127 cm³/mol. The number of para-hydroxylation sites is 1. The van der Waals surface area contributed by atoms with Gasteiger partial charge in [-0.3, -0.25) is 4.79 Å². The van der Waals surface area contributed by atoms with Gasteiger partial charge in [0.2, 0.25) is 0 Å². The summed E-state index contributed by atoms with van der Waals surface area (Å²) in [7, 11) is 0. The number of rotatable bonds is 4. The van der Waals surface area contributed by atoms with Crippen molar-refractivity contribution in [2.45, 2.75) is 39.0 Å². The maximum absolute atomic E-state index is 13.3. The number of ether oxygens (including phenoxy) is 1. The van der Waals surface area contributed by atoms with Gasteiger partial charge in [0, 0.05) is 18.5 Å². The van der Waals surface area contributed by atoms with E-state index in [2.05, 4.69) is 6.92 Å². The Morgan fingerprint density at radius 2 is 1.97 bits per heavy atom. The van der Waals surface area contributed by atoms with Gasteiger partial charge in [0.25, 0.3) is 5.91 Å². The lowest BCUT2D eigenvalue weighted by Gasteiger charge is -2.30. The van der Waals surface area contributed by atoms with Gasteiger partial charge in [-0.05, 0) is 73.4 Å². The van der Waals surface area contributed by atoms with Gasteiger partial charge in [-0.15, -0.1) is 0 Å². The molecule has 3 heterocycles. The van der Waals surface area contributed by atoms with Gasteiger partial charge in [-0.25, -0.2) is 9.78 Å². The standard InChI is InChI=1S/C27H28N2O4/c1-18-11-13-29(14-12-18)24(30)17-33-27(31)25-21-8-2-3-10-23(21)28-26-19(6-4-9-22(25)26)16-20-7-5-15-32-20/h2-3,5,7-8,10,15-16,18H,4,6,9,11-14,17H2,1H3. The van der Waals surface area contributed by atoms with Crippen LogP contribution in [0.4, 0.5) is 0 Å². The smallest absolute Gasteiger partial charge is 0.339 e. The second-order valence-electron chi connectivity index (χ2n) is 9.01. The first kappa shape index (κ1) is 21.4. The van der Waals surface area contributed by atoms with E-state index in [1.165, 1.54) is 0 Å². The Labute approximate surface area is 193 Å². The molecule has 5 rings (SSSR count). The van der Waals surface area contributed by atoms with Crippen molar-refractivity contribution in [3.63, 3.8) is 0 Å². The SMILES string of the molecule is CC1CCN(C(=O)COC(=O)c2c3c(nc4ccccc24)C(=Cc2ccco2)CCC3)CC1. The van der Waals surface area contributed by atoms with Gasteiger partial charge in [0.1, 0.15) is 5.76 Å². The lowest BCUT2D eigenvalue weighted by molar-refractivity contribution is -0.135. The van der Waals surface area contributed by atoms with Crippen LogP contribution in [-0.2, 0) is 16.0 Å². The Morgan fingerprint density at radius 3 is 2.76 bits per heavy atom. The number of furan rings is 1. The fourth-order valence-corrected chi connectivity index (χ4v) is 4.80. The molecule has 33 heavy (non-hydrogen) atoms. The van der Waals surface area contributed by atoms with Crippen molar-refractivity contribution in [1.82, 2.24) is 9.88 Å². The Kier molecular flexibility index (Phi) is 5.99. The average molecular weight is 445 g/mol. The van der Waals surface area contributed by atoms with Crippen molar-refractivity contribution in [1.29, 1.82) is 0 Å². The summed E-state index contributed by atoms with van der Waals surface area (Å²) in [6.07, 6.45) is 8.14. The van der Waals surface area contributed by atoms with E-state index in [1.807, 2.05) is 42.5 Å². The van der Waals surface area contributed by atoms with E-state index in [0.29, 0.717) is 11.5 Å². The number of aromatic nitrogens is 1. The molecule has 0 saturated carbocycles. The summed E-state index contributed by atoms with van der Waals surface area (Å²) >= 11 is 0. The van der Waals surface area contributed by atoms with Crippen LogP contribution >= 0.6 is 0 Å². The van der Waals surface area contributed by atoms with Gasteiger partial charge >= 0.3 is 5.97 Å². The number of carbonyl (C=O) groups is 2. The zero-order valence-corrected chi connectivity index (χ0v) is 18.9. The molecule has 2 aromatic heterocycles. The molecule has 1 saturated heterocycles. The molecule has 6 heteroatoms. The van der Waals surface area contributed by atoms with Crippen LogP contribution in [0.15, 0.2) is 47.1 Å². The number of nitrogens with zero attached hydrogens (tertiary/aromatic N) is 2. The van der Waals surface area contributed by atoms with Crippen molar-refractivity contribution in [2.24, 2.45) is 5.92 Å². The third-order valence-corrected chi connectivity index (χ3v) is 6.70. The number of allylic oxidation sites excluding steroid dienone is 1. The summed E-state index contributed by atoms with van der Waals surface area (Å²) in [4.78, 5) is 32.7. The van der Waals surface area contributed by atoms with E-state index >= 15 is 0 Å². The minimum Gasteiger partial charge on any atom is -0.465 e. The maximum Gasteiger partial charge on any atom is 0.339 e. The van der Waals surface area contributed by atoms with E-state index < -0.39 is 5.97 Å². The van der Waals surface area contributed by atoms with Crippen LogP contribution in [0.2, 0.25) is 0 Å². The number of benzene rings is 1. The molecule has 0 bridgehead atoms. The molecule has 0 N–H and O–H groups in total. The highest BCUT2D eigenvalue weighted by Crippen LogP contribution is 2.36. The number of carbonyl (C=O) groups excluding carboxylic acids is 2. The fraction of sp³-hybridized carbons (Fsp3) is 0.370. The highest BCUT2D eigenvalue weighted by atomic mass is 16.5. The molecule has 1 amide bonds. The van der Waals surface area contributed by atoms with Crippen LogP contribution < -0.4 is 0 Å². The molecule has 2 aliphatic rings. The first-order valence-electron chi connectivity index (χ1n) is 11.7. The zero-order valence-electron chi connectivity index (χ0n) is 18.9. The number of esters is 1. The molecule has 6 nitrogen and oxygen atoms in total. The molecular formula is C27H28N2O4. The Hall–Kier alpha value is -3.41. The van der Waals surface area contributed by atoms with Gasteiger partial charge in [-0.1, -0.05) is 25.1 Å². The van der Waals surface area contributed by atoms with Crippen LogP contribution in [0.3, 0.4) is 0 Å². The maximum atomic E-state index is 13.3. The van der Waals surface area contributed by atoms with Gasteiger partial charge in [-0.2, -0.15) is 0 Å². The van der Waals surface area contributed by atoms with E-state index in [1.54, 1.807) is 11.2 Å². The van der Waals surface area contributed by atoms with Crippen LogP contribution in [0.25, 0.3) is 22.6 Å². The number of hydrogen-bond acceptors (Lipinski definition) is 5. The summed E-state index contributed by atoms with van der Waals surface area (Å²) in [5.41, 5.74) is 4.03. The summed E-state index contributed by atoms with van der Waals surface area (Å²) in [6.45, 7) is 3.43. The van der Waals surface area contributed by atoms with Gasteiger partial charge in [0.05, 0.1) is 23.0 Å². The molecule has 0 radical (unpaired) electrons. The van der Waals surface area contributed by atoms with E-state index in [9.17, 15) is 9.59 Å². The second kappa shape index (κ2) is 9.22. The highest BCUT2D eigenvalue weighted by molar-refractivity contribution is 6.07. The minimum atomic E-state index is -0.456. The number of hydrogen-bond donors (Lipinski definition) is 0. The Bertz CT molecular complexity index is 1200. The van der Waals surface area contributed by atoms with Gasteiger partial charge < -0.3 is 14.1 Å². The largest absolute Gasteiger partial charge is 0.465 e. The summed E-state index contributed by atoms with van der Waals surface area (Å²) in [5.74, 6) is 0.817. The number of fused-ring (bicyclic) bond motifs is 2. The minimum absolute atomic E-state index is 0.124. The quantitative estimate of drug-likeness (QED) is 0.522. The van der Waals surface area contributed by atoms with E-state index in [4.69, 9.17) is 14.1 Å². The van der Waals surface area contributed by atoms with Crippen LogP contribution in [0, 0.1) is 5.92 Å². The normalized spacial score (nSPS) is 17.8.